The van der Waals surface area contributed by atoms with Gasteiger partial charge in [0.1, 0.15) is 12.2 Å². The van der Waals surface area contributed by atoms with Crippen molar-refractivity contribution in [3.8, 4) is 5.75 Å². The summed E-state index contributed by atoms with van der Waals surface area (Å²) < 4.78 is 21.2. The van der Waals surface area contributed by atoms with Crippen LogP contribution in [0, 0.1) is 0 Å². The van der Waals surface area contributed by atoms with Crippen molar-refractivity contribution in [2.75, 3.05) is 13.5 Å². The number of halogens is 1. The zero-order chi connectivity index (χ0) is 12.7. The van der Waals surface area contributed by atoms with E-state index in [4.69, 9.17) is 0 Å². The third-order valence-corrected chi connectivity index (χ3v) is 1.99. The number of ketones is 1. The van der Waals surface area contributed by atoms with Crippen LogP contribution in [0.5, 0.6) is 5.75 Å². The maximum Gasteiger partial charge on any atom is 0.313 e. The smallest absolute Gasteiger partial charge is 0.313 e. The molecule has 5 heteroatoms. The average molecular weight is 240 g/mol. The van der Waals surface area contributed by atoms with Crippen LogP contribution < -0.4 is 4.74 Å². The van der Waals surface area contributed by atoms with Crippen molar-refractivity contribution in [1.29, 1.82) is 0 Å². The fourth-order valence-corrected chi connectivity index (χ4v) is 1.27. The fraction of sp³-hybridized carbons (Fsp3) is 0.333. The molecule has 0 aromatic heterocycles. The van der Waals surface area contributed by atoms with E-state index in [9.17, 15) is 14.0 Å². The van der Waals surface area contributed by atoms with Crippen LogP contribution in [0.4, 0.5) is 4.39 Å². The van der Waals surface area contributed by atoms with Crippen LogP contribution in [0.1, 0.15) is 23.7 Å². The van der Waals surface area contributed by atoms with Gasteiger partial charge in [0.2, 0.25) is 6.86 Å². The van der Waals surface area contributed by atoms with Crippen LogP contribution >= 0.6 is 0 Å². The average Bonchev–Trinajstić information content (AvgIpc) is 2.30. The molecule has 0 aliphatic carbocycles. The van der Waals surface area contributed by atoms with E-state index < -0.39 is 12.8 Å². The highest BCUT2D eigenvalue weighted by molar-refractivity contribution is 6.06. The minimum atomic E-state index is -0.963. The normalized spacial score (nSPS) is 9.76. The summed E-state index contributed by atoms with van der Waals surface area (Å²) in [5, 5.41) is 0. The van der Waals surface area contributed by atoms with Crippen molar-refractivity contribution >= 4 is 11.8 Å². The molecule has 0 fully saturated rings. The number of ether oxygens (including phenoxy) is 2. The van der Waals surface area contributed by atoms with Gasteiger partial charge >= 0.3 is 5.97 Å². The Labute approximate surface area is 98.3 Å². The molecule has 1 rings (SSSR count). The van der Waals surface area contributed by atoms with Gasteiger partial charge in [0.05, 0.1) is 6.61 Å². The van der Waals surface area contributed by atoms with Gasteiger partial charge in [-0.05, 0) is 19.1 Å². The predicted molar refractivity (Wildman–Crippen MR) is 58.6 cm³/mol. The van der Waals surface area contributed by atoms with E-state index in [-0.39, 0.29) is 24.6 Å². The Kier molecular flexibility index (Phi) is 5.13. The van der Waals surface area contributed by atoms with Gasteiger partial charge in [0.15, 0.2) is 5.78 Å². The van der Waals surface area contributed by atoms with E-state index in [1.54, 1.807) is 13.0 Å². The zero-order valence-electron chi connectivity index (χ0n) is 9.44. The summed E-state index contributed by atoms with van der Waals surface area (Å²) in [7, 11) is 0. The second-order valence-corrected chi connectivity index (χ2v) is 3.19. The third-order valence-electron chi connectivity index (χ3n) is 1.99. The van der Waals surface area contributed by atoms with Crippen molar-refractivity contribution in [2.45, 2.75) is 13.3 Å². The van der Waals surface area contributed by atoms with Crippen LogP contribution in [0.25, 0.3) is 0 Å². The maximum atomic E-state index is 11.9. The molecule has 0 heterocycles. The zero-order valence-corrected chi connectivity index (χ0v) is 9.44. The monoisotopic (exact) mass is 240 g/mol. The van der Waals surface area contributed by atoms with E-state index in [0.29, 0.717) is 5.56 Å². The third kappa shape index (κ3) is 4.22. The summed E-state index contributed by atoms with van der Waals surface area (Å²) in [5.41, 5.74) is 0.295. The van der Waals surface area contributed by atoms with Gasteiger partial charge in [-0.2, -0.15) is 0 Å². The van der Waals surface area contributed by atoms with E-state index in [0.717, 1.165) is 0 Å². The molecule has 0 saturated carbocycles. The Morgan fingerprint density at radius 3 is 2.76 bits per heavy atom. The number of benzene rings is 1. The highest BCUT2D eigenvalue weighted by atomic mass is 19.1. The topological polar surface area (TPSA) is 52.6 Å². The van der Waals surface area contributed by atoms with Crippen molar-refractivity contribution in [2.24, 2.45) is 0 Å². The van der Waals surface area contributed by atoms with Crippen LogP contribution in [-0.2, 0) is 9.53 Å². The molecule has 1 aromatic carbocycles. The quantitative estimate of drug-likeness (QED) is 0.434. The number of carbonyl (C=O) groups is 2. The molecule has 17 heavy (non-hydrogen) atoms. The molecular weight excluding hydrogens is 227 g/mol. The lowest BCUT2D eigenvalue weighted by molar-refractivity contribution is -0.141. The Hall–Kier alpha value is -1.91. The second kappa shape index (κ2) is 6.62. The number of rotatable bonds is 6. The Balaban J connectivity index is 2.68. The molecule has 0 aliphatic rings. The Morgan fingerprint density at radius 1 is 1.35 bits per heavy atom. The fourth-order valence-electron chi connectivity index (χ4n) is 1.27. The molecule has 0 saturated heterocycles. The van der Waals surface area contributed by atoms with Gasteiger partial charge < -0.3 is 9.47 Å². The first-order chi connectivity index (χ1) is 8.17. The van der Waals surface area contributed by atoms with Crippen molar-refractivity contribution in [3.05, 3.63) is 29.8 Å². The molecule has 4 nitrogen and oxygen atoms in total. The number of Topliss-reactive ketones (excluding diaryl/α,β-unsaturated/α-hetero) is 1. The minimum Gasteiger partial charge on any atom is -0.466 e. The van der Waals surface area contributed by atoms with Crippen molar-refractivity contribution in [3.63, 3.8) is 0 Å². The van der Waals surface area contributed by atoms with Gasteiger partial charge in [-0.15, -0.1) is 0 Å². The van der Waals surface area contributed by atoms with E-state index in [2.05, 4.69) is 9.47 Å². The summed E-state index contributed by atoms with van der Waals surface area (Å²) in [5.74, 6) is -0.704. The summed E-state index contributed by atoms with van der Waals surface area (Å²) in [6, 6.07) is 6.01. The highest BCUT2D eigenvalue weighted by Gasteiger charge is 2.13. The van der Waals surface area contributed by atoms with Gasteiger partial charge in [0.25, 0.3) is 0 Å². The molecule has 0 spiro atoms. The molecule has 0 radical (unpaired) electrons. The van der Waals surface area contributed by atoms with Crippen LogP contribution in [0.2, 0.25) is 0 Å². The maximum absolute atomic E-state index is 11.9. The number of carbonyl (C=O) groups excluding carboxylic acids is 2. The summed E-state index contributed by atoms with van der Waals surface area (Å²) >= 11 is 0. The number of hydrogen-bond acceptors (Lipinski definition) is 4. The van der Waals surface area contributed by atoms with Gasteiger partial charge in [0, 0.05) is 5.56 Å². The summed E-state index contributed by atoms with van der Waals surface area (Å²) in [6.07, 6.45) is -0.326. The minimum absolute atomic E-state index is 0.233. The van der Waals surface area contributed by atoms with Gasteiger partial charge in [-0.1, -0.05) is 12.1 Å². The molecule has 0 bridgehead atoms. The molecule has 0 atom stereocenters. The van der Waals surface area contributed by atoms with Gasteiger partial charge in [-0.25, -0.2) is 4.39 Å². The van der Waals surface area contributed by atoms with Gasteiger partial charge in [-0.3, -0.25) is 9.59 Å². The molecule has 0 unspecified atom stereocenters. The first-order valence-corrected chi connectivity index (χ1v) is 5.15. The van der Waals surface area contributed by atoms with Crippen LogP contribution in [0.15, 0.2) is 24.3 Å². The van der Waals surface area contributed by atoms with E-state index in [1.165, 1.54) is 18.2 Å². The predicted octanol–water partition coefficient (Wildman–Crippen LogP) is 2.13. The SMILES string of the molecule is CCOC(=O)CC(=O)c1cccc(OCF)c1. The van der Waals surface area contributed by atoms with E-state index in [1.807, 2.05) is 0 Å². The highest BCUT2D eigenvalue weighted by Crippen LogP contribution is 2.15. The molecule has 0 amide bonds. The Bertz CT molecular complexity index is 403. The first kappa shape index (κ1) is 13.2. The molecular formula is C12H13FO4. The first-order valence-electron chi connectivity index (χ1n) is 5.15. The molecule has 0 aliphatic heterocycles. The largest absolute Gasteiger partial charge is 0.466 e. The van der Waals surface area contributed by atoms with Crippen LogP contribution in [0.3, 0.4) is 0 Å². The lowest BCUT2D eigenvalue weighted by Crippen LogP contribution is -2.11. The Morgan fingerprint density at radius 2 is 2.12 bits per heavy atom. The number of esters is 1. The second-order valence-electron chi connectivity index (χ2n) is 3.19. The van der Waals surface area contributed by atoms with Crippen molar-refractivity contribution < 1.29 is 23.5 Å². The van der Waals surface area contributed by atoms with E-state index >= 15 is 0 Å². The summed E-state index contributed by atoms with van der Waals surface area (Å²) in [4.78, 5) is 22.7. The molecule has 0 N–H and O–H groups in total. The number of alkyl halides is 1. The number of hydrogen-bond donors (Lipinski definition) is 0. The lowest BCUT2D eigenvalue weighted by Gasteiger charge is -2.04. The standard InChI is InChI=1S/C12H13FO4/c1-2-16-12(15)7-11(14)9-4-3-5-10(6-9)17-8-13/h3-6H,2,7-8H2,1H3. The summed E-state index contributed by atoms with van der Waals surface area (Å²) in [6.45, 7) is 0.935. The molecule has 1 aromatic rings. The van der Waals surface area contributed by atoms with Crippen molar-refractivity contribution in [1.82, 2.24) is 0 Å². The lowest BCUT2D eigenvalue weighted by atomic mass is 10.1. The molecule has 92 valence electrons. The van der Waals surface area contributed by atoms with Crippen LogP contribution in [-0.4, -0.2) is 25.2 Å².